The van der Waals surface area contributed by atoms with Crippen molar-refractivity contribution in [2.45, 2.75) is 54.7 Å². The van der Waals surface area contributed by atoms with Crippen molar-refractivity contribution in [1.29, 1.82) is 0 Å². The molecule has 0 amide bonds. The SMILES string of the molecule is CCCNC1(C(=O)O)CCCC(Sc2ccccc2)C1. The minimum atomic E-state index is -0.722. The molecule has 2 atom stereocenters. The van der Waals surface area contributed by atoms with E-state index in [0.717, 1.165) is 32.2 Å². The van der Waals surface area contributed by atoms with Crippen LogP contribution in [0, 0.1) is 0 Å². The third kappa shape index (κ3) is 3.76. The van der Waals surface area contributed by atoms with E-state index in [4.69, 9.17) is 0 Å². The molecule has 20 heavy (non-hydrogen) atoms. The molecule has 2 N–H and O–H groups in total. The van der Waals surface area contributed by atoms with Gasteiger partial charge < -0.3 is 10.4 Å². The van der Waals surface area contributed by atoms with E-state index in [9.17, 15) is 9.90 Å². The van der Waals surface area contributed by atoms with Crippen molar-refractivity contribution in [2.24, 2.45) is 0 Å². The van der Waals surface area contributed by atoms with Crippen LogP contribution in [0.25, 0.3) is 0 Å². The van der Waals surface area contributed by atoms with Gasteiger partial charge in [-0.25, -0.2) is 0 Å². The molecule has 0 heterocycles. The molecule has 1 saturated carbocycles. The van der Waals surface area contributed by atoms with Crippen LogP contribution in [0.1, 0.15) is 39.0 Å². The number of hydrogen-bond donors (Lipinski definition) is 2. The second kappa shape index (κ2) is 7.14. The highest BCUT2D eigenvalue weighted by molar-refractivity contribution is 8.00. The lowest BCUT2D eigenvalue weighted by Crippen LogP contribution is -2.55. The predicted molar refractivity (Wildman–Crippen MR) is 83.2 cm³/mol. The molecule has 1 aromatic carbocycles. The molecule has 2 rings (SSSR count). The second-order valence-electron chi connectivity index (χ2n) is 5.46. The molecule has 0 saturated heterocycles. The summed E-state index contributed by atoms with van der Waals surface area (Å²) in [7, 11) is 0. The lowest BCUT2D eigenvalue weighted by Gasteiger charge is -2.38. The molecule has 1 aliphatic rings. The lowest BCUT2D eigenvalue weighted by molar-refractivity contribution is -0.146. The number of nitrogens with one attached hydrogen (secondary N) is 1. The Morgan fingerprint density at radius 2 is 2.20 bits per heavy atom. The largest absolute Gasteiger partial charge is 0.480 e. The third-order valence-corrected chi connectivity index (χ3v) is 5.15. The smallest absolute Gasteiger partial charge is 0.323 e. The maximum absolute atomic E-state index is 11.7. The van der Waals surface area contributed by atoms with Gasteiger partial charge in [0.1, 0.15) is 5.54 Å². The Bertz CT molecular complexity index is 437. The van der Waals surface area contributed by atoms with E-state index in [1.54, 1.807) is 0 Å². The Hall–Kier alpha value is -1.00. The molecule has 4 heteroatoms. The zero-order valence-corrected chi connectivity index (χ0v) is 12.8. The van der Waals surface area contributed by atoms with Gasteiger partial charge in [0.15, 0.2) is 0 Å². The van der Waals surface area contributed by atoms with E-state index < -0.39 is 11.5 Å². The second-order valence-corrected chi connectivity index (χ2v) is 6.84. The summed E-state index contributed by atoms with van der Waals surface area (Å²) in [6.07, 6.45) is 4.50. The molecular formula is C16H23NO2S. The number of carbonyl (C=O) groups is 1. The van der Waals surface area contributed by atoms with Gasteiger partial charge >= 0.3 is 5.97 Å². The summed E-state index contributed by atoms with van der Waals surface area (Å²) in [5.74, 6) is -0.690. The van der Waals surface area contributed by atoms with E-state index in [2.05, 4.69) is 24.4 Å². The van der Waals surface area contributed by atoms with E-state index in [-0.39, 0.29) is 0 Å². The maximum Gasteiger partial charge on any atom is 0.323 e. The van der Waals surface area contributed by atoms with E-state index in [1.807, 2.05) is 30.0 Å². The number of aliphatic carboxylic acids is 1. The monoisotopic (exact) mass is 293 g/mol. The number of thioether (sulfide) groups is 1. The summed E-state index contributed by atoms with van der Waals surface area (Å²) in [6.45, 7) is 2.84. The summed E-state index contributed by atoms with van der Waals surface area (Å²) in [5.41, 5.74) is -0.722. The van der Waals surface area contributed by atoms with Crippen molar-refractivity contribution in [2.75, 3.05) is 6.54 Å². The Kier molecular flexibility index (Phi) is 5.49. The predicted octanol–water partition coefficient (Wildman–Crippen LogP) is 3.54. The van der Waals surface area contributed by atoms with Crippen LogP contribution >= 0.6 is 11.8 Å². The summed E-state index contributed by atoms with van der Waals surface area (Å²) < 4.78 is 0. The summed E-state index contributed by atoms with van der Waals surface area (Å²) in [6, 6.07) is 10.3. The van der Waals surface area contributed by atoms with Crippen molar-refractivity contribution < 1.29 is 9.90 Å². The van der Waals surface area contributed by atoms with Gasteiger partial charge in [-0.15, -0.1) is 11.8 Å². The highest BCUT2D eigenvalue weighted by Crippen LogP contribution is 2.38. The van der Waals surface area contributed by atoms with Crippen molar-refractivity contribution in [3.05, 3.63) is 30.3 Å². The fraction of sp³-hybridized carbons (Fsp3) is 0.562. The van der Waals surface area contributed by atoms with Crippen LogP contribution in [0.5, 0.6) is 0 Å². The summed E-state index contributed by atoms with van der Waals surface area (Å²) in [5, 5.41) is 13.3. The summed E-state index contributed by atoms with van der Waals surface area (Å²) >= 11 is 1.81. The van der Waals surface area contributed by atoms with E-state index >= 15 is 0 Å². The van der Waals surface area contributed by atoms with Crippen molar-refractivity contribution in [1.82, 2.24) is 5.32 Å². The first-order chi connectivity index (χ1) is 9.66. The fourth-order valence-corrected chi connectivity index (χ4v) is 4.16. The average Bonchev–Trinajstić information content (AvgIpc) is 2.46. The average molecular weight is 293 g/mol. The fourth-order valence-electron chi connectivity index (χ4n) is 2.81. The molecule has 1 fully saturated rings. The molecular weight excluding hydrogens is 270 g/mol. The number of rotatable bonds is 6. The minimum Gasteiger partial charge on any atom is -0.480 e. The first kappa shape index (κ1) is 15.4. The molecule has 1 aliphatic carbocycles. The van der Waals surface area contributed by atoms with Gasteiger partial charge in [0, 0.05) is 10.1 Å². The zero-order chi connectivity index (χ0) is 14.4. The molecule has 2 unspecified atom stereocenters. The van der Waals surface area contributed by atoms with Gasteiger partial charge in [0.2, 0.25) is 0 Å². The van der Waals surface area contributed by atoms with Crippen LogP contribution in [0.2, 0.25) is 0 Å². The molecule has 0 aliphatic heterocycles. The first-order valence-electron chi connectivity index (χ1n) is 7.36. The van der Waals surface area contributed by atoms with Gasteiger partial charge in [-0.2, -0.15) is 0 Å². The quantitative estimate of drug-likeness (QED) is 0.842. The lowest BCUT2D eigenvalue weighted by atomic mass is 9.81. The third-order valence-electron chi connectivity index (χ3n) is 3.87. The van der Waals surface area contributed by atoms with Crippen LogP contribution in [0.4, 0.5) is 0 Å². The number of hydrogen-bond acceptors (Lipinski definition) is 3. The van der Waals surface area contributed by atoms with Gasteiger partial charge in [-0.05, 0) is 50.8 Å². The number of carboxylic acid groups (broad SMARTS) is 1. The van der Waals surface area contributed by atoms with Crippen LogP contribution in [0.3, 0.4) is 0 Å². The molecule has 1 aromatic rings. The summed E-state index contributed by atoms with van der Waals surface area (Å²) in [4.78, 5) is 12.9. The Morgan fingerprint density at radius 1 is 1.45 bits per heavy atom. The normalized spacial score (nSPS) is 26.4. The van der Waals surface area contributed by atoms with Crippen LogP contribution in [-0.2, 0) is 4.79 Å². The number of carboxylic acids is 1. The molecule has 3 nitrogen and oxygen atoms in total. The van der Waals surface area contributed by atoms with Crippen LogP contribution < -0.4 is 5.32 Å². The Labute approximate surface area is 125 Å². The number of benzene rings is 1. The highest BCUT2D eigenvalue weighted by Gasteiger charge is 2.42. The zero-order valence-electron chi connectivity index (χ0n) is 12.0. The molecule has 0 aromatic heterocycles. The molecule has 0 bridgehead atoms. The Balaban J connectivity index is 2.04. The molecule has 0 spiro atoms. The van der Waals surface area contributed by atoms with Gasteiger partial charge in [0.05, 0.1) is 0 Å². The van der Waals surface area contributed by atoms with Crippen LogP contribution in [0.15, 0.2) is 35.2 Å². The van der Waals surface area contributed by atoms with E-state index in [0.29, 0.717) is 11.7 Å². The molecule has 0 radical (unpaired) electrons. The highest BCUT2D eigenvalue weighted by atomic mass is 32.2. The van der Waals surface area contributed by atoms with Crippen molar-refractivity contribution >= 4 is 17.7 Å². The standard InChI is InChI=1S/C16H23NO2S/c1-2-11-17-16(15(18)19)10-6-9-14(12-16)20-13-7-4-3-5-8-13/h3-5,7-8,14,17H,2,6,9-12H2,1H3,(H,18,19). The minimum absolute atomic E-state index is 0.381. The first-order valence-corrected chi connectivity index (χ1v) is 8.24. The maximum atomic E-state index is 11.7. The van der Waals surface area contributed by atoms with Gasteiger partial charge in [0.25, 0.3) is 0 Å². The van der Waals surface area contributed by atoms with Crippen molar-refractivity contribution in [3.63, 3.8) is 0 Å². The molecule has 110 valence electrons. The van der Waals surface area contributed by atoms with E-state index in [1.165, 1.54) is 4.90 Å². The topological polar surface area (TPSA) is 49.3 Å². The van der Waals surface area contributed by atoms with Gasteiger partial charge in [-0.1, -0.05) is 25.1 Å². The van der Waals surface area contributed by atoms with Gasteiger partial charge in [-0.3, -0.25) is 4.79 Å². The van der Waals surface area contributed by atoms with Crippen molar-refractivity contribution in [3.8, 4) is 0 Å². The van der Waals surface area contributed by atoms with Crippen LogP contribution in [-0.4, -0.2) is 28.4 Å². The Morgan fingerprint density at radius 3 is 2.85 bits per heavy atom.